The van der Waals surface area contributed by atoms with E-state index in [1.807, 2.05) is 24.3 Å². The van der Waals surface area contributed by atoms with Crippen LogP contribution in [0.1, 0.15) is 35.3 Å². The highest BCUT2D eigenvalue weighted by Gasteiger charge is 2.15. The van der Waals surface area contributed by atoms with E-state index in [0.29, 0.717) is 23.4 Å². The number of aromatic nitrogens is 2. The molecule has 3 rings (SSSR count). The minimum absolute atomic E-state index is 0.0962. The molecular weight excluding hydrogens is 302 g/mol. The van der Waals surface area contributed by atoms with Crippen molar-refractivity contribution in [2.45, 2.75) is 19.3 Å². The van der Waals surface area contributed by atoms with Crippen LogP contribution in [0.2, 0.25) is 0 Å². The molecule has 5 nitrogen and oxygen atoms in total. The maximum absolute atomic E-state index is 12.3. The fraction of sp³-hybridized carbons (Fsp3) is 0.211. The van der Waals surface area contributed by atoms with Crippen molar-refractivity contribution < 1.29 is 4.79 Å². The summed E-state index contributed by atoms with van der Waals surface area (Å²) in [5, 5.41) is 9.92. The molecule has 1 aromatic heterocycles. The molecule has 24 heavy (non-hydrogen) atoms. The Morgan fingerprint density at radius 1 is 1.12 bits per heavy atom. The third-order valence-electron chi connectivity index (χ3n) is 4.12. The van der Waals surface area contributed by atoms with Crippen LogP contribution in [0.3, 0.4) is 0 Å². The van der Waals surface area contributed by atoms with E-state index in [2.05, 4.69) is 34.6 Å². The van der Waals surface area contributed by atoms with Crippen LogP contribution in [0.5, 0.6) is 0 Å². The molecule has 2 N–H and O–H groups in total. The van der Waals surface area contributed by atoms with Gasteiger partial charge in [-0.1, -0.05) is 49.4 Å². The zero-order valence-electron chi connectivity index (χ0n) is 13.5. The summed E-state index contributed by atoms with van der Waals surface area (Å²) in [5.41, 5.74) is 1.41. The zero-order chi connectivity index (χ0) is 16.9. The second-order valence-electron chi connectivity index (χ2n) is 5.80. The highest BCUT2D eigenvalue weighted by atomic mass is 16.2. The number of nitrogens with zero attached hydrogens (tertiary/aromatic N) is 1. The summed E-state index contributed by atoms with van der Waals surface area (Å²) in [5.74, 6) is -0.114. The Kier molecular flexibility index (Phi) is 4.70. The lowest BCUT2D eigenvalue weighted by Crippen LogP contribution is -2.31. The smallest absolute Gasteiger partial charge is 0.275 e. The molecule has 2 aromatic carbocycles. The second kappa shape index (κ2) is 7.08. The number of hydrogen-bond donors (Lipinski definition) is 2. The highest BCUT2D eigenvalue weighted by molar-refractivity contribution is 5.95. The summed E-state index contributed by atoms with van der Waals surface area (Å²) in [7, 11) is 0. The molecule has 0 bridgehead atoms. The van der Waals surface area contributed by atoms with Crippen LogP contribution in [0.25, 0.3) is 10.9 Å². The number of nitrogens with one attached hydrogen (secondary N) is 2. The SMILES string of the molecule is CC(CCNC(=O)c1n[nH]c2ccccc2c1=O)c1ccccc1. The van der Waals surface area contributed by atoms with Crippen LogP contribution in [-0.2, 0) is 0 Å². The molecular formula is C19H19N3O2. The average Bonchev–Trinajstić information content (AvgIpc) is 2.62. The molecule has 122 valence electrons. The van der Waals surface area contributed by atoms with Gasteiger partial charge in [-0.3, -0.25) is 14.7 Å². The van der Waals surface area contributed by atoms with Crippen molar-refractivity contribution in [3.63, 3.8) is 0 Å². The van der Waals surface area contributed by atoms with E-state index in [1.54, 1.807) is 18.2 Å². The molecule has 0 saturated heterocycles. The van der Waals surface area contributed by atoms with Gasteiger partial charge in [0, 0.05) is 11.9 Å². The predicted molar refractivity (Wildman–Crippen MR) is 94.2 cm³/mol. The van der Waals surface area contributed by atoms with Gasteiger partial charge in [-0.2, -0.15) is 5.10 Å². The summed E-state index contributed by atoms with van der Waals surface area (Å²) in [6.45, 7) is 2.60. The third kappa shape index (κ3) is 3.35. The van der Waals surface area contributed by atoms with Crippen molar-refractivity contribution in [1.29, 1.82) is 0 Å². The van der Waals surface area contributed by atoms with Gasteiger partial charge < -0.3 is 5.32 Å². The first-order valence-corrected chi connectivity index (χ1v) is 7.97. The van der Waals surface area contributed by atoms with Gasteiger partial charge in [0.05, 0.1) is 5.52 Å². The minimum atomic E-state index is -0.442. The Morgan fingerprint density at radius 3 is 2.62 bits per heavy atom. The van der Waals surface area contributed by atoms with Gasteiger partial charge in [0.1, 0.15) is 0 Å². The number of carbonyl (C=O) groups is 1. The van der Waals surface area contributed by atoms with E-state index in [1.165, 1.54) is 5.56 Å². The molecule has 3 aromatic rings. The molecule has 0 aliphatic rings. The van der Waals surface area contributed by atoms with Crippen LogP contribution in [0, 0.1) is 0 Å². The average molecular weight is 321 g/mol. The Hall–Kier alpha value is -2.95. The number of hydrogen-bond acceptors (Lipinski definition) is 3. The van der Waals surface area contributed by atoms with Crippen LogP contribution < -0.4 is 10.7 Å². The molecule has 5 heteroatoms. The second-order valence-corrected chi connectivity index (χ2v) is 5.80. The van der Waals surface area contributed by atoms with Crippen LogP contribution in [0.15, 0.2) is 59.4 Å². The van der Waals surface area contributed by atoms with Crippen molar-refractivity contribution in [3.05, 3.63) is 76.1 Å². The highest BCUT2D eigenvalue weighted by Crippen LogP contribution is 2.17. The van der Waals surface area contributed by atoms with E-state index in [-0.39, 0.29) is 11.1 Å². The van der Waals surface area contributed by atoms with Crippen LogP contribution >= 0.6 is 0 Å². The molecule has 0 radical (unpaired) electrons. The van der Waals surface area contributed by atoms with Gasteiger partial charge in [-0.25, -0.2) is 0 Å². The Labute approximate surface area is 139 Å². The maximum Gasteiger partial charge on any atom is 0.275 e. The molecule has 0 spiro atoms. The molecule has 1 atom stereocenters. The fourth-order valence-corrected chi connectivity index (χ4v) is 2.66. The largest absolute Gasteiger partial charge is 0.350 e. The van der Waals surface area contributed by atoms with Gasteiger partial charge >= 0.3 is 0 Å². The normalized spacial score (nSPS) is 12.0. The van der Waals surface area contributed by atoms with Crippen molar-refractivity contribution in [2.24, 2.45) is 0 Å². The summed E-state index contributed by atoms with van der Waals surface area (Å²) in [6, 6.07) is 17.1. The van der Waals surface area contributed by atoms with Crippen molar-refractivity contribution in [1.82, 2.24) is 15.5 Å². The number of benzene rings is 2. The summed E-state index contributed by atoms with van der Waals surface area (Å²) in [6.07, 6.45) is 0.793. The predicted octanol–water partition coefficient (Wildman–Crippen LogP) is 2.85. The number of carbonyl (C=O) groups excluding carboxylic acids is 1. The third-order valence-corrected chi connectivity index (χ3v) is 4.12. The van der Waals surface area contributed by atoms with E-state index < -0.39 is 5.91 Å². The standard InChI is InChI=1S/C19H19N3O2/c1-13(14-7-3-2-4-8-14)11-12-20-19(24)17-18(23)15-9-5-6-10-16(15)21-22-17/h2-10,13H,11-12H2,1H3,(H,20,24)(H,21,23). The van der Waals surface area contributed by atoms with Gasteiger partial charge in [-0.15, -0.1) is 0 Å². The lowest BCUT2D eigenvalue weighted by atomic mass is 9.98. The molecule has 0 saturated carbocycles. The van der Waals surface area contributed by atoms with Crippen molar-refractivity contribution in [3.8, 4) is 0 Å². The van der Waals surface area contributed by atoms with Crippen molar-refractivity contribution in [2.75, 3.05) is 6.54 Å². The fourth-order valence-electron chi connectivity index (χ4n) is 2.66. The lowest BCUT2D eigenvalue weighted by Gasteiger charge is -2.12. The molecule has 1 unspecified atom stereocenters. The summed E-state index contributed by atoms with van der Waals surface area (Å²) < 4.78 is 0. The zero-order valence-corrected chi connectivity index (χ0v) is 13.5. The first-order valence-electron chi connectivity index (χ1n) is 7.97. The summed E-state index contributed by atoms with van der Waals surface area (Å²) >= 11 is 0. The lowest BCUT2D eigenvalue weighted by molar-refractivity contribution is 0.0945. The van der Waals surface area contributed by atoms with E-state index >= 15 is 0 Å². The number of H-pyrrole nitrogens is 1. The maximum atomic E-state index is 12.3. The first-order chi connectivity index (χ1) is 11.7. The molecule has 1 heterocycles. The molecule has 1 amide bonds. The molecule has 0 aliphatic heterocycles. The Balaban J connectivity index is 1.65. The number of para-hydroxylation sites is 1. The van der Waals surface area contributed by atoms with Crippen molar-refractivity contribution >= 4 is 16.8 Å². The van der Waals surface area contributed by atoms with Gasteiger partial charge in [0.15, 0.2) is 5.69 Å². The molecule has 0 fully saturated rings. The van der Waals surface area contributed by atoms with E-state index in [4.69, 9.17) is 0 Å². The van der Waals surface area contributed by atoms with Crippen LogP contribution in [0.4, 0.5) is 0 Å². The Bertz CT molecular complexity index is 903. The minimum Gasteiger partial charge on any atom is -0.350 e. The Morgan fingerprint density at radius 2 is 1.83 bits per heavy atom. The van der Waals surface area contributed by atoms with E-state index in [0.717, 1.165) is 6.42 Å². The number of fused-ring (bicyclic) bond motifs is 1. The van der Waals surface area contributed by atoms with E-state index in [9.17, 15) is 9.59 Å². The van der Waals surface area contributed by atoms with Crippen LogP contribution in [-0.4, -0.2) is 22.6 Å². The number of aromatic amines is 1. The number of amides is 1. The summed E-state index contributed by atoms with van der Waals surface area (Å²) in [4.78, 5) is 24.6. The van der Waals surface area contributed by atoms with Gasteiger partial charge in [0.2, 0.25) is 5.43 Å². The monoisotopic (exact) mass is 321 g/mol. The van der Waals surface area contributed by atoms with Gasteiger partial charge in [-0.05, 0) is 30.0 Å². The molecule has 0 aliphatic carbocycles. The van der Waals surface area contributed by atoms with Gasteiger partial charge in [0.25, 0.3) is 5.91 Å². The number of rotatable bonds is 5. The quantitative estimate of drug-likeness (QED) is 0.759. The topological polar surface area (TPSA) is 74.8 Å². The first kappa shape index (κ1) is 15.9.